The molecule has 0 aliphatic carbocycles. The van der Waals surface area contributed by atoms with E-state index in [1.54, 1.807) is 37.5 Å². The monoisotopic (exact) mass is 414 g/mol. The van der Waals surface area contributed by atoms with Crippen LogP contribution in [-0.2, 0) is 4.79 Å². The van der Waals surface area contributed by atoms with Gasteiger partial charge in [0, 0.05) is 17.0 Å². The van der Waals surface area contributed by atoms with Gasteiger partial charge < -0.3 is 15.4 Å². The molecule has 0 spiro atoms. The first-order chi connectivity index (χ1) is 14.1. The number of rotatable bonds is 11. The third-order valence-electron chi connectivity index (χ3n) is 4.77. The summed E-state index contributed by atoms with van der Waals surface area (Å²) in [4.78, 5) is 26.4. The second-order valence-electron chi connectivity index (χ2n) is 6.88. The van der Waals surface area contributed by atoms with Crippen LogP contribution in [0.2, 0.25) is 0 Å². The van der Waals surface area contributed by atoms with E-state index in [1.807, 2.05) is 17.5 Å². The summed E-state index contributed by atoms with van der Waals surface area (Å²) in [6, 6.07) is 10.6. The number of carbonyl (C=O) groups excluding carboxylic acids is 2. The van der Waals surface area contributed by atoms with E-state index in [0.717, 1.165) is 30.6 Å². The molecule has 1 aromatic carbocycles. The molecule has 6 heteroatoms. The van der Waals surface area contributed by atoms with Crippen LogP contribution in [-0.4, -0.2) is 25.5 Å². The van der Waals surface area contributed by atoms with Gasteiger partial charge in [-0.25, -0.2) is 0 Å². The predicted octanol–water partition coefficient (Wildman–Crippen LogP) is 4.86. The van der Waals surface area contributed by atoms with Crippen LogP contribution < -0.4 is 15.4 Å². The highest BCUT2D eigenvalue weighted by molar-refractivity contribution is 7.10. The molecule has 0 radical (unpaired) electrons. The standard InChI is InChI=1S/C23H30N2O3S/c1-4-6-8-17(5-2)16-24-23(27)21(15-20-9-7-14-29-20)25-22(26)18-10-12-19(28-3)13-11-18/h7,9-15,17H,4-6,8,16H2,1-3H3,(H,24,27)(H,25,26)/b21-15-. The van der Waals surface area contributed by atoms with Gasteiger partial charge >= 0.3 is 0 Å². The SMILES string of the molecule is CCCCC(CC)CNC(=O)/C(=C/c1cccs1)NC(=O)c1ccc(OC)cc1. The van der Waals surface area contributed by atoms with E-state index in [-0.39, 0.29) is 17.5 Å². The first-order valence-electron chi connectivity index (χ1n) is 10.1. The van der Waals surface area contributed by atoms with Crippen molar-refractivity contribution in [2.24, 2.45) is 5.92 Å². The Labute approximate surface area is 177 Å². The molecule has 1 heterocycles. The average Bonchev–Trinajstić information content (AvgIpc) is 3.26. The fraction of sp³-hybridized carbons (Fsp3) is 0.391. The number of nitrogens with one attached hydrogen (secondary N) is 2. The summed E-state index contributed by atoms with van der Waals surface area (Å²) in [7, 11) is 1.57. The highest BCUT2D eigenvalue weighted by Crippen LogP contribution is 2.15. The zero-order chi connectivity index (χ0) is 21.1. The van der Waals surface area contributed by atoms with Crippen molar-refractivity contribution in [3.05, 3.63) is 57.9 Å². The van der Waals surface area contributed by atoms with Gasteiger partial charge in [-0.15, -0.1) is 11.3 Å². The van der Waals surface area contributed by atoms with Crippen LogP contribution in [0.4, 0.5) is 0 Å². The number of unbranched alkanes of at least 4 members (excludes halogenated alkanes) is 1. The van der Waals surface area contributed by atoms with Crippen LogP contribution in [0.15, 0.2) is 47.5 Å². The quantitative estimate of drug-likeness (QED) is 0.516. The number of benzene rings is 1. The lowest BCUT2D eigenvalue weighted by molar-refractivity contribution is -0.117. The highest BCUT2D eigenvalue weighted by Gasteiger charge is 2.16. The van der Waals surface area contributed by atoms with Crippen molar-refractivity contribution in [2.75, 3.05) is 13.7 Å². The van der Waals surface area contributed by atoms with Crippen LogP contribution in [0.3, 0.4) is 0 Å². The van der Waals surface area contributed by atoms with E-state index in [9.17, 15) is 9.59 Å². The number of methoxy groups -OCH3 is 1. The van der Waals surface area contributed by atoms with Crippen molar-refractivity contribution in [3.63, 3.8) is 0 Å². The summed E-state index contributed by atoms with van der Waals surface area (Å²) in [5, 5.41) is 7.70. The van der Waals surface area contributed by atoms with Crippen molar-refractivity contribution in [2.45, 2.75) is 39.5 Å². The lowest BCUT2D eigenvalue weighted by Crippen LogP contribution is -2.37. The Morgan fingerprint density at radius 3 is 2.52 bits per heavy atom. The first kappa shape index (κ1) is 22.7. The molecule has 0 fully saturated rings. The van der Waals surface area contributed by atoms with Gasteiger partial charge in [0.2, 0.25) is 0 Å². The van der Waals surface area contributed by atoms with Crippen molar-refractivity contribution >= 4 is 29.2 Å². The van der Waals surface area contributed by atoms with Gasteiger partial charge in [-0.2, -0.15) is 0 Å². The summed E-state index contributed by atoms with van der Waals surface area (Å²) >= 11 is 1.51. The lowest BCUT2D eigenvalue weighted by atomic mass is 9.99. The number of hydrogen-bond acceptors (Lipinski definition) is 4. The fourth-order valence-corrected chi connectivity index (χ4v) is 3.54. The minimum absolute atomic E-state index is 0.249. The molecule has 0 bridgehead atoms. The Balaban J connectivity index is 2.10. The van der Waals surface area contributed by atoms with Crippen molar-refractivity contribution < 1.29 is 14.3 Å². The van der Waals surface area contributed by atoms with Gasteiger partial charge in [-0.05, 0) is 54.1 Å². The Hall–Kier alpha value is -2.60. The van der Waals surface area contributed by atoms with E-state index in [1.165, 1.54) is 11.3 Å². The molecule has 1 aromatic heterocycles. The third-order valence-corrected chi connectivity index (χ3v) is 5.59. The molecule has 156 valence electrons. The minimum atomic E-state index is -0.330. The Morgan fingerprint density at radius 1 is 1.17 bits per heavy atom. The molecule has 0 saturated heterocycles. The summed E-state index contributed by atoms with van der Waals surface area (Å²) < 4.78 is 5.13. The summed E-state index contributed by atoms with van der Waals surface area (Å²) in [6.07, 6.45) is 6.12. The average molecular weight is 415 g/mol. The molecular weight excluding hydrogens is 384 g/mol. The number of hydrogen-bond donors (Lipinski definition) is 2. The maximum atomic E-state index is 12.8. The zero-order valence-corrected chi connectivity index (χ0v) is 18.2. The first-order valence-corrected chi connectivity index (χ1v) is 10.9. The molecule has 2 rings (SSSR count). The van der Waals surface area contributed by atoms with Crippen molar-refractivity contribution in [1.29, 1.82) is 0 Å². The predicted molar refractivity (Wildman–Crippen MR) is 119 cm³/mol. The number of thiophene rings is 1. The molecule has 0 saturated carbocycles. The molecule has 2 N–H and O–H groups in total. The second kappa shape index (κ2) is 12.1. The third kappa shape index (κ3) is 7.38. The molecule has 0 aliphatic rings. The minimum Gasteiger partial charge on any atom is -0.497 e. The smallest absolute Gasteiger partial charge is 0.267 e. The molecule has 2 amide bonds. The lowest BCUT2D eigenvalue weighted by Gasteiger charge is -2.16. The summed E-state index contributed by atoms with van der Waals surface area (Å²) in [6.45, 7) is 4.91. The summed E-state index contributed by atoms with van der Waals surface area (Å²) in [5.41, 5.74) is 0.712. The molecule has 1 atom stereocenters. The maximum absolute atomic E-state index is 12.8. The van der Waals surface area contributed by atoms with Crippen LogP contribution in [0.25, 0.3) is 6.08 Å². The van der Waals surface area contributed by atoms with E-state index in [0.29, 0.717) is 23.8 Å². The topological polar surface area (TPSA) is 67.4 Å². The van der Waals surface area contributed by atoms with Gasteiger partial charge in [0.05, 0.1) is 7.11 Å². The highest BCUT2D eigenvalue weighted by atomic mass is 32.1. The molecular formula is C23H30N2O3S. The fourth-order valence-electron chi connectivity index (χ4n) is 2.89. The Bertz CT molecular complexity index is 798. The van der Waals surface area contributed by atoms with Gasteiger partial charge in [-0.3, -0.25) is 9.59 Å². The number of carbonyl (C=O) groups is 2. The number of amides is 2. The van der Waals surface area contributed by atoms with Crippen LogP contribution in [0.5, 0.6) is 5.75 Å². The van der Waals surface area contributed by atoms with Crippen molar-refractivity contribution in [3.8, 4) is 5.75 Å². The van der Waals surface area contributed by atoms with E-state index < -0.39 is 0 Å². The molecule has 2 aromatic rings. The van der Waals surface area contributed by atoms with Crippen LogP contribution in [0.1, 0.15) is 54.8 Å². The van der Waals surface area contributed by atoms with E-state index in [2.05, 4.69) is 24.5 Å². The van der Waals surface area contributed by atoms with Gasteiger partial charge in [-0.1, -0.05) is 39.2 Å². The second-order valence-corrected chi connectivity index (χ2v) is 7.86. The largest absolute Gasteiger partial charge is 0.497 e. The van der Waals surface area contributed by atoms with E-state index >= 15 is 0 Å². The van der Waals surface area contributed by atoms with Crippen LogP contribution >= 0.6 is 11.3 Å². The van der Waals surface area contributed by atoms with Crippen molar-refractivity contribution in [1.82, 2.24) is 10.6 Å². The normalized spacial score (nSPS) is 12.3. The molecule has 5 nitrogen and oxygen atoms in total. The van der Waals surface area contributed by atoms with Gasteiger partial charge in [0.1, 0.15) is 11.4 Å². The Morgan fingerprint density at radius 2 is 1.93 bits per heavy atom. The van der Waals surface area contributed by atoms with E-state index in [4.69, 9.17) is 4.74 Å². The van der Waals surface area contributed by atoms with Gasteiger partial charge in [0.25, 0.3) is 11.8 Å². The zero-order valence-electron chi connectivity index (χ0n) is 17.4. The van der Waals surface area contributed by atoms with Gasteiger partial charge in [0.15, 0.2) is 0 Å². The Kier molecular flexibility index (Phi) is 9.44. The van der Waals surface area contributed by atoms with Crippen LogP contribution in [0, 0.1) is 5.92 Å². The summed E-state index contributed by atoms with van der Waals surface area (Å²) in [5.74, 6) is 0.518. The molecule has 1 unspecified atom stereocenters. The molecule has 0 aliphatic heterocycles. The maximum Gasteiger partial charge on any atom is 0.267 e. The number of ether oxygens (including phenoxy) is 1. The molecule has 29 heavy (non-hydrogen) atoms.